The van der Waals surface area contributed by atoms with Crippen LogP contribution in [-0.4, -0.2) is 19.1 Å². The first-order valence-electron chi connectivity index (χ1n) is 7.10. The van der Waals surface area contributed by atoms with Crippen LogP contribution in [0.5, 0.6) is 11.5 Å². The van der Waals surface area contributed by atoms with E-state index in [1.54, 1.807) is 12.1 Å². The fourth-order valence-electron chi connectivity index (χ4n) is 2.33. The number of fused-ring (bicyclic) bond motifs is 1. The Morgan fingerprint density at radius 3 is 2.64 bits per heavy atom. The average molecular weight is 301 g/mol. The first kappa shape index (κ1) is 14.4. The summed E-state index contributed by atoms with van der Waals surface area (Å²) in [6.45, 7) is 2.88. The van der Waals surface area contributed by atoms with E-state index in [1.165, 1.54) is 12.1 Å². The molecule has 0 spiro atoms. The summed E-state index contributed by atoms with van der Waals surface area (Å²) in [6, 6.07) is 11.1. The van der Waals surface area contributed by atoms with Gasteiger partial charge in [0.2, 0.25) is 0 Å². The molecule has 1 N–H and O–H groups in total. The number of nitrogens with one attached hydrogen (secondary N) is 1. The Kier molecular flexibility index (Phi) is 3.96. The van der Waals surface area contributed by atoms with Crippen molar-refractivity contribution in [2.75, 3.05) is 13.2 Å². The van der Waals surface area contributed by atoms with Gasteiger partial charge in [-0.2, -0.15) is 0 Å². The average Bonchev–Trinajstić information content (AvgIpc) is 2.54. The molecule has 0 aromatic heterocycles. The minimum Gasteiger partial charge on any atom is -0.486 e. The summed E-state index contributed by atoms with van der Waals surface area (Å²) >= 11 is 0. The summed E-state index contributed by atoms with van der Waals surface area (Å²) in [5.74, 6) is 0.383. The first-order valence-corrected chi connectivity index (χ1v) is 7.10. The van der Waals surface area contributed by atoms with Crippen molar-refractivity contribution in [1.82, 2.24) is 5.32 Å². The van der Waals surface area contributed by atoms with Crippen LogP contribution < -0.4 is 14.8 Å². The van der Waals surface area contributed by atoms with Crippen molar-refractivity contribution in [2.24, 2.45) is 0 Å². The van der Waals surface area contributed by atoms with Crippen LogP contribution in [0.25, 0.3) is 0 Å². The molecule has 1 unspecified atom stereocenters. The predicted molar refractivity (Wildman–Crippen MR) is 79.7 cm³/mol. The molecule has 4 nitrogen and oxygen atoms in total. The van der Waals surface area contributed by atoms with Crippen molar-refractivity contribution in [3.8, 4) is 11.5 Å². The van der Waals surface area contributed by atoms with Crippen LogP contribution in [0.15, 0.2) is 42.5 Å². The SMILES string of the molecule is CC(NC(=O)c1ccccc1F)c1ccc2c(c1)OCCO2. The molecule has 1 heterocycles. The number of hydrogen-bond acceptors (Lipinski definition) is 3. The van der Waals surface area contributed by atoms with E-state index in [0.717, 1.165) is 5.56 Å². The van der Waals surface area contributed by atoms with Gasteiger partial charge in [-0.25, -0.2) is 4.39 Å². The third-order valence-electron chi connectivity index (χ3n) is 3.53. The zero-order chi connectivity index (χ0) is 15.5. The van der Waals surface area contributed by atoms with Crippen molar-refractivity contribution < 1.29 is 18.7 Å². The number of benzene rings is 2. The molecule has 2 aromatic rings. The van der Waals surface area contributed by atoms with Gasteiger partial charge < -0.3 is 14.8 Å². The second-order valence-electron chi connectivity index (χ2n) is 5.08. The molecule has 1 aliphatic rings. The second kappa shape index (κ2) is 6.05. The molecule has 0 fully saturated rings. The fourth-order valence-corrected chi connectivity index (χ4v) is 2.33. The summed E-state index contributed by atoms with van der Waals surface area (Å²) in [6.07, 6.45) is 0. The minimum absolute atomic E-state index is 0.0342. The number of carbonyl (C=O) groups is 1. The molecule has 1 aliphatic heterocycles. The molecule has 1 amide bonds. The Morgan fingerprint density at radius 1 is 1.14 bits per heavy atom. The van der Waals surface area contributed by atoms with E-state index in [-0.39, 0.29) is 11.6 Å². The Balaban J connectivity index is 1.76. The van der Waals surface area contributed by atoms with Crippen LogP contribution >= 0.6 is 0 Å². The Labute approximate surface area is 127 Å². The summed E-state index contributed by atoms with van der Waals surface area (Å²) in [5, 5.41) is 2.78. The van der Waals surface area contributed by atoms with E-state index < -0.39 is 11.7 Å². The largest absolute Gasteiger partial charge is 0.486 e. The summed E-state index contributed by atoms with van der Waals surface area (Å²) < 4.78 is 24.6. The van der Waals surface area contributed by atoms with Gasteiger partial charge in [0.25, 0.3) is 5.91 Å². The van der Waals surface area contributed by atoms with Gasteiger partial charge in [-0.3, -0.25) is 4.79 Å². The monoisotopic (exact) mass is 301 g/mol. The zero-order valence-electron chi connectivity index (χ0n) is 12.1. The molecule has 3 rings (SSSR count). The maximum absolute atomic E-state index is 13.6. The highest BCUT2D eigenvalue weighted by Gasteiger charge is 2.17. The van der Waals surface area contributed by atoms with Crippen LogP contribution in [0, 0.1) is 5.82 Å². The molecule has 0 saturated carbocycles. The van der Waals surface area contributed by atoms with Gasteiger partial charge in [-0.1, -0.05) is 18.2 Å². The fraction of sp³-hybridized carbons (Fsp3) is 0.235. The van der Waals surface area contributed by atoms with Crippen LogP contribution in [0.2, 0.25) is 0 Å². The molecule has 1 atom stereocenters. The second-order valence-corrected chi connectivity index (χ2v) is 5.08. The standard InChI is InChI=1S/C17H16FNO3/c1-11(19-17(20)13-4-2-3-5-14(13)18)12-6-7-15-16(10-12)22-9-8-21-15/h2-7,10-11H,8-9H2,1H3,(H,19,20). The number of rotatable bonds is 3. The number of ether oxygens (including phenoxy) is 2. The molecular formula is C17H16FNO3. The first-order chi connectivity index (χ1) is 10.6. The molecule has 5 heteroatoms. The van der Waals surface area contributed by atoms with Crippen molar-refractivity contribution in [3.05, 3.63) is 59.4 Å². The molecule has 22 heavy (non-hydrogen) atoms. The molecule has 0 bridgehead atoms. The summed E-state index contributed by atoms with van der Waals surface area (Å²) in [4.78, 5) is 12.1. The molecule has 0 saturated heterocycles. The lowest BCUT2D eigenvalue weighted by Gasteiger charge is -2.21. The van der Waals surface area contributed by atoms with Crippen LogP contribution in [0.3, 0.4) is 0 Å². The Morgan fingerprint density at radius 2 is 1.86 bits per heavy atom. The Bertz CT molecular complexity index is 702. The maximum Gasteiger partial charge on any atom is 0.254 e. The van der Waals surface area contributed by atoms with E-state index in [2.05, 4.69) is 5.32 Å². The third kappa shape index (κ3) is 2.88. The number of hydrogen-bond donors (Lipinski definition) is 1. The van der Waals surface area contributed by atoms with Gasteiger partial charge in [0.15, 0.2) is 11.5 Å². The highest BCUT2D eigenvalue weighted by atomic mass is 19.1. The smallest absolute Gasteiger partial charge is 0.254 e. The van der Waals surface area contributed by atoms with E-state index >= 15 is 0 Å². The van der Waals surface area contributed by atoms with E-state index in [4.69, 9.17) is 9.47 Å². The number of carbonyl (C=O) groups excluding carboxylic acids is 1. The molecule has 0 aliphatic carbocycles. The number of halogens is 1. The van der Waals surface area contributed by atoms with E-state index in [1.807, 2.05) is 25.1 Å². The maximum atomic E-state index is 13.6. The van der Waals surface area contributed by atoms with Gasteiger partial charge in [0.05, 0.1) is 11.6 Å². The van der Waals surface area contributed by atoms with Gasteiger partial charge in [0.1, 0.15) is 19.0 Å². The van der Waals surface area contributed by atoms with E-state index in [0.29, 0.717) is 24.7 Å². The highest BCUT2D eigenvalue weighted by Crippen LogP contribution is 2.32. The lowest BCUT2D eigenvalue weighted by molar-refractivity contribution is 0.0935. The predicted octanol–water partition coefficient (Wildman–Crippen LogP) is 3.09. The lowest BCUT2D eigenvalue weighted by Crippen LogP contribution is -2.27. The summed E-state index contributed by atoms with van der Waals surface area (Å²) in [5.41, 5.74) is 0.904. The summed E-state index contributed by atoms with van der Waals surface area (Å²) in [7, 11) is 0. The topological polar surface area (TPSA) is 47.6 Å². The van der Waals surface area contributed by atoms with Gasteiger partial charge in [0, 0.05) is 0 Å². The van der Waals surface area contributed by atoms with Crippen molar-refractivity contribution in [3.63, 3.8) is 0 Å². The highest BCUT2D eigenvalue weighted by molar-refractivity contribution is 5.94. The van der Waals surface area contributed by atoms with Gasteiger partial charge >= 0.3 is 0 Å². The van der Waals surface area contributed by atoms with Crippen LogP contribution in [0.4, 0.5) is 4.39 Å². The van der Waals surface area contributed by atoms with Crippen molar-refractivity contribution in [2.45, 2.75) is 13.0 Å². The van der Waals surface area contributed by atoms with Crippen molar-refractivity contribution >= 4 is 5.91 Å². The Hall–Kier alpha value is -2.56. The van der Waals surface area contributed by atoms with Crippen molar-refractivity contribution in [1.29, 1.82) is 0 Å². The van der Waals surface area contributed by atoms with Crippen LogP contribution in [0.1, 0.15) is 28.9 Å². The van der Waals surface area contributed by atoms with Crippen LogP contribution in [-0.2, 0) is 0 Å². The third-order valence-corrected chi connectivity index (χ3v) is 3.53. The zero-order valence-corrected chi connectivity index (χ0v) is 12.1. The minimum atomic E-state index is -0.533. The number of amides is 1. The normalized spacial score (nSPS) is 14.3. The molecular weight excluding hydrogens is 285 g/mol. The quantitative estimate of drug-likeness (QED) is 0.947. The molecule has 0 radical (unpaired) electrons. The van der Waals surface area contributed by atoms with E-state index in [9.17, 15) is 9.18 Å². The molecule has 114 valence electrons. The van der Waals surface area contributed by atoms with Gasteiger partial charge in [-0.15, -0.1) is 0 Å². The lowest BCUT2D eigenvalue weighted by atomic mass is 10.1. The molecule has 2 aromatic carbocycles. The van der Waals surface area contributed by atoms with Gasteiger partial charge in [-0.05, 0) is 36.8 Å².